The van der Waals surface area contributed by atoms with Crippen molar-refractivity contribution in [3.8, 4) is 28.0 Å². The van der Waals surface area contributed by atoms with Crippen LogP contribution in [0, 0.1) is 0 Å². The molecule has 2 aromatic carbocycles. The number of carbonyl (C=O) groups is 1. The fourth-order valence-electron chi connectivity index (χ4n) is 4.55. The van der Waals surface area contributed by atoms with Gasteiger partial charge in [-0.2, -0.15) is 13.2 Å². The van der Waals surface area contributed by atoms with Gasteiger partial charge < -0.3 is 18.8 Å². The summed E-state index contributed by atoms with van der Waals surface area (Å²) in [6.07, 6.45) is -1.12. The Morgan fingerprint density at radius 3 is 2.44 bits per heavy atom. The molecule has 0 saturated heterocycles. The number of benzene rings is 2. The molecule has 5 nitrogen and oxygen atoms in total. The topological polar surface area (TPSA) is 49.7 Å². The molecule has 0 bridgehead atoms. The molecule has 1 atom stereocenters. The molecule has 3 aromatic rings. The second kappa shape index (κ2) is 9.65. The van der Waals surface area contributed by atoms with Crippen LogP contribution in [0.25, 0.3) is 22.3 Å². The molecule has 0 N–H and O–H groups in total. The van der Waals surface area contributed by atoms with Crippen molar-refractivity contribution in [2.45, 2.75) is 51.5 Å². The van der Waals surface area contributed by atoms with Crippen LogP contribution in [0.2, 0.25) is 0 Å². The highest BCUT2D eigenvalue weighted by molar-refractivity contribution is 5.91. The number of ether oxygens (including phenoxy) is 3. The molecule has 0 amide bonds. The van der Waals surface area contributed by atoms with Crippen LogP contribution in [-0.4, -0.2) is 29.9 Å². The summed E-state index contributed by atoms with van der Waals surface area (Å²) < 4.78 is 61.9. The lowest BCUT2D eigenvalue weighted by Crippen LogP contribution is -2.30. The fraction of sp³-hybridized carbons (Fsp3) is 0.393. The van der Waals surface area contributed by atoms with Gasteiger partial charge in [-0.15, -0.1) is 0 Å². The van der Waals surface area contributed by atoms with Gasteiger partial charge in [-0.3, -0.25) is 0 Å². The van der Waals surface area contributed by atoms with Gasteiger partial charge >= 0.3 is 12.1 Å². The molecule has 0 aliphatic carbocycles. The number of hydrogen-bond donors (Lipinski definition) is 0. The van der Waals surface area contributed by atoms with E-state index in [0.717, 1.165) is 42.9 Å². The first kappa shape index (κ1) is 25.8. The van der Waals surface area contributed by atoms with Crippen molar-refractivity contribution < 1.29 is 32.2 Å². The highest BCUT2D eigenvalue weighted by atomic mass is 19.4. The molecule has 2 heterocycles. The number of fused-ring (bicyclic) bond motifs is 1. The first-order chi connectivity index (χ1) is 16.9. The molecule has 8 heteroatoms. The van der Waals surface area contributed by atoms with Gasteiger partial charge in [0.2, 0.25) is 0 Å². The van der Waals surface area contributed by atoms with Crippen LogP contribution in [0.15, 0.2) is 48.8 Å². The zero-order valence-corrected chi connectivity index (χ0v) is 21.0. The van der Waals surface area contributed by atoms with E-state index in [1.165, 1.54) is 6.07 Å². The van der Waals surface area contributed by atoms with Gasteiger partial charge in [0.05, 0.1) is 24.9 Å². The van der Waals surface area contributed by atoms with E-state index in [1.54, 1.807) is 32.9 Å². The molecular formula is C28H30F3NO4. The van der Waals surface area contributed by atoms with Crippen molar-refractivity contribution in [2.75, 3.05) is 13.7 Å². The molecule has 0 radical (unpaired) electrons. The van der Waals surface area contributed by atoms with Crippen molar-refractivity contribution in [2.24, 2.45) is 7.05 Å². The molecule has 192 valence electrons. The normalized spacial score (nSPS) is 14.7. The first-order valence-corrected chi connectivity index (χ1v) is 11.8. The number of alkyl halides is 3. The van der Waals surface area contributed by atoms with Gasteiger partial charge in [0.25, 0.3) is 0 Å². The van der Waals surface area contributed by atoms with Gasteiger partial charge in [-0.05, 0) is 85.7 Å². The van der Waals surface area contributed by atoms with Crippen molar-refractivity contribution in [1.82, 2.24) is 4.57 Å². The van der Waals surface area contributed by atoms with E-state index in [-0.39, 0.29) is 11.1 Å². The lowest BCUT2D eigenvalue weighted by molar-refractivity contribution is -0.166. The molecule has 0 saturated carbocycles. The summed E-state index contributed by atoms with van der Waals surface area (Å²) in [5, 5.41) is 0. The highest BCUT2D eigenvalue weighted by Crippen LogP contribution is 2.47. The highest BCUT2D eigenvalue weighted by Gasteiger charge is 2.42. The van der Waals surface area contributed by atoms with E-state index in [0.29, 0.717) is 17.7 Å². The van der Waals surface area contributed by atoms with Crippen LogP contribution in [0.5, 0.6) is 5.75 Å². The number of esters is 1. The molecular weight excluding hydrogens is 471 g/mol. The van der Waals surface area contributed by atoms with Crippen molar-refractivity contribution >= 4 is 5.97 Å². The van der Waals surface area contributed by atoms with Crippen LogP contribution in [0.3, 0.4) is 0 Å². The molecule has 1 aliphatic rings. The van der Waals surface area contributed by atoms with E-state index < -0.39 is 29.4 Å². The second-order valence-corrected chi connectivity index (χ2v) is 9.92. The Labute approximate surface area is 208 Å². The smallest absolute Gasteiger partial charge is 0.416 e. The number of carbonyl (C=O) groups excluding carboxylic acids is 1. The van der Waals surface area contributed by atoms with Crippen LogP contribution >= 0.6 is 0 Å². The van der Waals surface area contributed by atoms with Crippen LogP contribution in [-0.2, 0) is 33.9 Å². The summed E-state index contributed by atoms with van der Waals surface area (Å²) in [7, 11) is 2.98. The number of hydrogen-bond acceptors (Lipinski definition) is 4. The molecule has 0 spiro atoms. The van der Waals surface area contributed by atoms with Gasteiger partial charge in [-0.1, -0.05) is 12.1 Å². The second-order valence-electron chi connectivity index (χ2n) is 9.92. The van der Waals surface area contributed by atoms with E-state index in [2.05, 4.69) is 0 Å². The van der Waals surface area contributed by atoms with E-state index >= 15 is 0 Å². The van der Waals surface area contributed by atoms with E-state index in [4.69, 9.17) is 14.2 Å². The third-order valence-corrected chi connectivity index (χ3v) is 6.04. The number of halogens is 3. The summed E-state index contributed by atoms with van der Waals surface area (Å²) in [4.78, 5) is 13.0. The average molecular weight is 502 g/mol. The maximum atomic E-state index is 14.5. The summed E-state index contributed by atoms with van der Waals surface area (Å²) >= 11 is 0. The molecule has 0 fully saturated rings. The summed E-state index contributed by atoms with van der Waals surface area (Å²) in [6.45, 7) is 5.66. The van der Waals surface area contributed by atoms with Gasteiger partial charge in [-0.25, -0.2) is 4.79 Å². The Morgan fingerprint density at radius 1 is 1.08 bits per heavy atom. The average Bonchev–Trinajstić information content (AvgIpc) is 3.25. The first-order valence-electron chi connectivity index (χ1n) is 11.8. The maximum absolute atomic E-state index is 14.5. The van der Waals surface area contributed by atoms with Gasteiger partial charge in [0, 0.05) is 25.0 Å². The molecule has 1 unspecified atom stereocenters. The number of aromatic nitrogens is 1. The third kappa shape index (κ3) is 5.28. The predicted octanol–water partition coefficient (Wildman–Crippen LogP) is 6.73. The van der Waals surface area contributed by atoms with E-state index in [9.17, 15) is 18.0 Å². The minimum atomic E-state index is -4.73. The van der Waals surface area contributed by atoms with Gasteiger partial charge in [0.15, 0.2) is 6.10 Å². The predicted molar refractivity (Wildman–Crippen MR) is 131 cm³/mol. The lowest BCUT2D eigenvalue weighted by atomic mass is 9.84. The zero-order chi connectivity index (χ0) is 26.3. The molecule has 36 heavy (non-hydrogen) atoms. The zero-order valence-electron chi connectivity index (χ0n) is 21.0. The van der Waals surface area contributed by atoms with E-state index in [1.807, 2.05) is 36.1 Å². The maximum Gasteiger partial charge on any atom is 0.416 e. The largest absolute Gasteiger partial charge is 0.493 e. The van der Waals surface area contributed by atoms with Crippen molar-refractivity contribution in [1.29, 1.82) is 0 Å². The van der Waals surface area contributed by atoms with Crippen LogP contribution < -0.4 is 4.74 Å². The Morgan fingerprint density at radius 2 is 1.83 bits per heavy atom. The number of methoxy groups -OCH3 is 1. The Balaban J connectivity index is 2.10. The summed E-state index contributed by atoms with van der Waals surface area (Å²) in [6, 6.07) is 9.67. The molecule has 4 rings (SSSR count). The number of rotatable bonds is 5. The minimum absolute atomic E-state index is 0.262. The Bertz CT molecular complexity index is 1270. The summed E-state index contributed by atoms with van der Waals surface area (Å²) in [5.41, 5.74) is 0.888. The quantitative estimate of drug-likeness (QED) is 0.364. The lowest BCUT2D eigenvalue weighted by Gasteiger charge is -2.30. The van der Waals surface area contributed by atoms with Crippen molar-refractivity contribution in [3.63, 3.8) is 0 Å². The van der Waals surface area contributed by atoms with Crippen molar-refractivity contribution in [3.05, 3.63) is 65.5 Å². The fourth-order valence-corrected chi connectivity index (χ4v) is 4.55. The SMILES string of the molecule is COC(=O)C(OC(C)(C)C)c1c(C(F)(F)F)ccc(-c2ccn(C)c2)c1-c1ccc2c(c1)CCCO2. The third-order valence-electron chi connectivity index (χ3n) is 6.04. The molecule has 1 aliphatic heterocycles. The standard InChI is InChI=1S/C28H30F3NO4/c1-27(2,3)36-25(26(33)34-5)24-21(28(29,30)31)10-9-20(19-12-13-32(4)16-19)23(24)18-8-11-22-17(15-18)7-6-14-35-22/h8-13,15-16,25H,6-7,14H2,1-5H3. The number of aryl methyl sites for hydroxylation is 2. The van der Waals surface area contributed by atoms with Gasteiger partial charge in [0.1, 0.15) is 5.75 Å². The number of nitrogens with zero attached hydrogens (tertiary/aromatic N) is 1. The van der Waals surface area contributed by atoms with Crippen LogP contribution in [0.4, 0.5) is 13.2 Å². The monoisotopic (exact) mass is 501 g/mol. The van der Waals surface area contributed by atoms with Crippen LogP contribution in [0.1, 0.15) is 50.0 Å². The summed E-state index contributed by atoms with van der Waals surface area (Å²) in [5.74, 6) is -0.182. The molecule has 1 aromatic heterocycles. The Hall–Kier alpha value is -3.26. The minimum Gasteiger partial charge on any atom is -0.493 e. The Kier molecular flexibility index (Phi) is 6.92.